The Morgan fingerprint density at radius 3 is 2.94 bits per heavy atom. The van der Waals surface area contributed by atoms with Crippen LogP contribution >= 0.6 is 15.9 Å². The van der Waals surface area contributed by atoms with E-state index in [1.54, 1.807) is 0 Å². The Morgan fingerprint density at radius 1 is 1.41 bits per heavy atom. The Hall–Kier alpha value is -1.03. The highest BCUT2D eigenvalue weighted by Gasteiger charge is 2.34. The van der Waals surface area contributed by atoms with Crippen LogP contribution in [-0.4, -0.2) is 34.8 Å². The van der Waals surface area contributed by atoms with Gasteiger partial charge in [0.05, 0.1) is 0 Å². The van der Waals surface area contributed by atoms with Gasteiger partial charge >= 0.3 is 0 Å². The Kier molecular flexibility index (Phi) is 2.82. The molecule has 1 aromatic rings. The van der Waals surface area contributed by atoms with Crippen molar-refractivity contribution in [3.05, 3.63) is 29.8 Å². The highest BCUT2D eigenvalue weighted by atomic mass is 79.9. The molecule has 90 valence electrons. The molecule has 3 nitrogen and oxygen atoms in total. The molecule has 3 rings (SSSR count). The summed E-state index contributed by atoms with van der Waals surface area (Å²) in [5.74, 6) is 0.989. The average Bonchev–Trinajstić information content (AvgIpc) is 2.93. The van der Waals surface area contributed by atoms with Crippen molar-refractivity contribution in [1.82, 2.24) is 4.90 Å². The van der Waals surface area contributed by atoms with Gasteiger partial charge in [0.2, 0.25) is 0 Å². The normalized spacial score (nSPS) is 26.8. The lowest BCUT2D eigenvalue weighted by atomic mass is 10.1. The number of hydrogen-bond acceptors (Lipinski definition) is 2. The van der Waals surface area contributed by atoms with Crippen LogP contribution in [0.15, 0.2) is 24.3 Å². The van der Waals surface area contributed by atoms with Crippen LogP contribution in [0, 0.1) is 0 Å². The third-order valence-electron chi connectivity index (χ3n) is 3.36. The number of nitrogens with zero attached hydrogens (tertiary/aromatic N) is 1. The van der Waals surface area contributed by atoms with Crippen LogP contribution in [0.1, 0.15) is 12.0 Å². The number of para-hydroxylation sites is 1. The molecule has 1 fully saturated rings. The Balaban J connectivity index is 1.70. The first-order chi connectivity index (χ1) is 8.24. The molecular weight excluding hydrogens is 282 g/mol. The van der Waals surface area contributed by atoms with E-state index in [9.17, 15) is 4.79 Å². The molecule has 1 aromatic carbocycles. The van der Waals surface area contributed by atoms with Gasteiger partial charge in [0.1, 0.15) is 5.75 Å². The molecule has 2 aliphatic heterocycles. The molecule has 0 bridgehead atoms. The van der Waals surface area contributed by atoms with Crippen LogP contribution in [-0.2, 0) is 11.2 Å². The summed E-state index contributed by atoms with van der Waals surface area (Å²) in [6.45, 7) is 1.64. The molecule has 2 atom stereocenters. The SMILES string of the molecule is O=C(C1Cc2ccccc2O1)N1CCC(Br)C1. The van der Waals surface area contributed by atoms with Crippen LogP contribution in [0.5, 0.6) is 5.75 Å². The standard InChI is InChI=1S/C13H14BrNO2/c14-10-5-6-15(8-10)13(16)12-7-9-3-1-2-4-11(9)17-12/h1-4,10,12H,5-8H2. The minimum absolute atomic E-state index is 0.128. The zero-order valence-electron chi connectivity index (χ0n) is 9.43. The summed E-state index contributed by atoms with van der Waals surface area (Å²) in [4.78, 5) is 14.6. The number of ether oxygens (including phenoxy) is 1. The molecule has 2 aliphatic rings. The van der Waals surface area contributed by atoms with Crippen LogP contribution < -0.4 is 4.74 Å². The molecule has 4 heteroatoms. The highest BCUT2D eigenvalue weighted by molar-refractivity contribution is 9.09. The molecule has 0 spiro atoms. The van der Waals surface area contributed by atoms with Crippen LogP contribution in [0.4, 0.5) is 0 Å². The van der Waals surface area contributed by atoms with Gasteiger partial charge in [0.25, 0.3) is 5.91 Å². The van der Waals surface area contributed by atoms with Gasteiger partial charge in [-0.1, -0.05) is 34.1 Å². The Labute approximate surface area is 109 Å². The van der Waals surface area contributed by atoms with E-state index in [-0.39, 0.29) is 12.0 Å². The third kappa shape index (κ3) is 2.06. The molecule has 2 unspecified atom stereocenters. The Morgan fingerprint density at radius 2 is 2.24 bits per heavy atom. The van der Waals surface area contributed by atoms with Crippen molar-refractivity contribution in [3.63, 3.8) is 0 Å². The summed E-state index contributed by atoms with van der Waals surface area (Å²) in [5.41, 5.74) is 1.14. The van der Waals surface area contributed by atoms with Crippen molar-refractivity contribution in [3.8, 4) is 5.75 Å². The molecule has 1 amide bonds. The lowest BCUT2D eigenvalue weighted by molar-refractivity contribution is -0.136. The number of alkyl halides is 1. The number of halogens is 1. The lowest BCUT2D eigenvalue weighted by Crippen LogP contribution is -2.40. The van der Waals surface area contributed by atoms with Gasteiger partial charge in [0, 0.05) is 24.3 Å². The smallest absolute Gasteiger partial charge is 0.264 e. The summed E-state index contributed by atoms with van der Waals surface area (Å²) < 4.78 is 5.71. The van der Waals surface area contributed by atoms with Gasteiger partial charge in [0.15, 0.2) is 6.10 Å². The van der Waals surface area contributed by atoms with Gasteiger partial charge < -0.3 is 9.64 Å². The maximum Gasteiger partial charge on any atom is 0.264 e. The predicted molar refractivity (Wildman–Crippen MR) is 68.5 cm³/mol. The molecule has 2 heterocycles. The minimum atomic E-state index is -0.315. The number of benzene rings is 1. The fourth-order valence-electron chi connectivity index (χ4n) is 2.44. The van der Waals surface area contributed by atoms with Gasteiger partial charge in [-0.05, 0) is 18.1 Å². The summed E-state index contributed by atoms with van der Waals surface area (Å²) in [5, 5.41) is 0. The fraction of sp³-hybridized carbons (Fsp3) is 0.462. The lowest BCUT2D eigenvalue weighted by Gasteiger charge is -2.19. The van der Waals surface area contributed by atoms with E-state index in [0.717, 1.165) is 30.8 Å². The van der Waals surface area contributed by atoms with Gasteiger partial charge in [-0.15, -0.1) is 0 Å². The molecule has 0 N–H and O–H groups in total. The summed E-state index contributed by atoms with van der Waals surface area (Å²) in [6.07, 6.45) is 1.43. The van der Waals surface area contributed by atoms with Crippen molar-refractivity contribution in [2.45, 2.75) is 23.8 Å². The van der Waals surface area contributed by atoms with Crippen molar-refractivity contribution in [2.75, 3.05) is 13.1 Å². The topological polar surface area (TPSA) is 29.5 Å². The first-order valence-electron chi connectivity index (χ1n) is 5.91. The maximum absolute atomic E-state index is 12.2. The second kappa shape index (κ2) is 4.33. The first kappa shape index (κ1) is 11.1. The number of carbonyl (C=O) groups excluding carboxylic acids is 1. The molecular formula is C13H14BrNO2. The number of rotatable bonds is 1. The Bertz CT molecular complexity index is 424. The largest absolute Gasteiger partial charge is 0.480 e. The summed E-state index contributed by atoms with van der Waals surface area (Å²) >= 11 is 3.55. The van der Waals surface area contributed by atoms with E-state index in [1.807, 2.05) is 29.2 Å². The summed E-state index contributed by atoms with van der Waals surface area (Å²) in [7, 11) is 0. The van der Waals surface area contributed by atoms with E-state index in [4.69, 9.17) is 4.74 Å². The summed E-state index contributed by atoms with van der Waals surface area (Å²) in [6, 6.07) is 7.88. The van der Waals surface area contributed by atoms with E-state index in [2.05, 4.69) is 15.9 Å². The average molecular weight is 296 g/mol. The molecule has 0 radical (unpaired) electrons. The highest BCUT2D eigenvalue weighted by Crippen LogP contribution is 2.29. The second-order valence-corrected chi connectivity index (χ2v) is 5.88. The maximum atomic E-state index is 12.2. The quantitative estimate of drug-likeness (QED) is 0.742. The van der Waals surface area contributed by atoms with Crippen LogP contribution in [0.25, 0.3) is 0 Å². The monoisotopic (exact) mass is 295 g/mol. The van der Waals surface area contributed by atoms with Crippen molar-refractivity contribution < 1.29 is 9.53 Å². The number of fused-ring (bicyclic) bond motifs is 1. The zero-order valence-corrected chi connectivity index (χ0v) is 11.0. The second-order valence-electron chi connectivity index (χ2n) is 4.59. The van der Waals surface area contributed by atoms with E-state index >= 15 is 0 Å². The van der Waals surface area contributed by atoms with E-state index < -0.39 is 0 Å². The predicted octanol–water partition coefficient (Wildman–Crippen LogP) is 1.99. The minimum Gasteiger partial charge on any atom is -0.480 e. The van der Waals surface area contributed by atoms with Gasteiger partial charge in [-0.2, -0.15) is 0 Å². The van der Waals surface area contributed by atoms with Crippen LogP contribution in [0.3, 0.4) is 0 Å². The number of hydrogen-bond donors (Lipinski definition) is 0. The molecule has 0 saturated carbocycles. The molecule has 0 aliphatic carbocycles. The molecule has 1 saturated heterocycles. The van der Waals surface area contributed by atoms with Gasteiger partial charge in [-0.25, -0.2) is 0 Å². The zero-order chi connectivity index (χ0) is 11.8. The number of amides is 1. The number of carbonyl (C=O) groups is 1. The number of likely N-dealkylation sites (tertiary alicyclic amines) is 1. The molecule has 17 heavy (non-hydrogen) atoms. The van der Waals surface area contributed by atoms with Crippen molar-refractivity contribution in [1.29, 1.82) is 0 Å². The van der Waals surface area contributed by atoms with Gasteiger partial charge in [-0.3, -0.25) is 4.79 Å². The van der Waals surface area contributed by atoms with E-state index in [0.29, 0.717) is 11.2 Å². The fourth-order valence-corrected chi connectivity index (χ4v) is 3.00. The van der Waals surface area contributed by atoms with Crippen molar-refractivity contribution in [2.24, 2.45) is 0 Å². The third-order valence-corrected chi connectivity index (χ3v) is 4.11. The van der Waals surface area contributed by atoms with Crippen molar-refractivity contribution >= 4 is 21.8 Å². The first-order valence-corrected chi connectivity index (χ1v) is 6.83. The van der Waals surface area contributed by atoms with Crippen LogP contribution in [0.2, 0.25) is 0 Å². The molecule has 0 aromatic heterocycles. The van der Waals surface area contributed by atoms with E-state index in [1.165, 1.54) is 0 Å².